The Balaban J connectivity index is 4.62. The maximum absolute atomic E-state index is 11.8. The molecule has 0 aromatic heterocycles. The molecule has 1 amide bonds. The van der Waals surface area contributed by atoms with Crippen LogP contribution in [0.5, 0.6) is 0 Å². The van der Waals surface area contributed by atoms with Crippen molar-refractivity contribution in [1.82, 2.24) is 4.90 Å². The Morgan fingerprint density at radius 3 is 2.19 bits per heavy atom. The molecule has 0 aliphatic heterocycles. The lowest BCUT2D eigenvalue weighted by molar-refractivity contribution is 0.0223. The van der Waals surface area contributed by atoms with E-state index in [-0.39, 0.29) is 12.1 Å². The minimum atomic E-state index is -0.444. The number of halogens is 1. The number of amides is 1. The summed E-state index contributed by atoms with van der Waals surface area (Å²) in [6.07, 6.45) is 1.73. The molecule has 3 nitrogen and oxygen atoms in total. The molecule has 0 fully saturated rings. The Bertz CT molecular complexity index is 256. The summed E-state index contributed by atoms with van der Waals surface area (Å²) in [7, 11) is 1.77. The molecule has 0 unspecified atom stereocenters. The Morgan fingerprint density at radius 1 is 1.38 bits per heavy atom. The quantitative estimate of drug-likeness (QED) is 0.732. The van der Waals surface area contributed by atoms with Crippen LogP contribution in [0.4, 0.5) is 4.79 Å². The van der Waals surface area contributed by atoms with Crippen LogP contribution in [0, 0.1) is 5.92 Å². The molecule has 0 N–H and O–H groups in total. The zero-order chi connectivity index (χ0) is 12.9. The number of rotatable bonds is 3. The Labute approximate surface area is 112 Å². The first-order valence-corrected chi connectivity index (χ1v) is 6.66. The second-order valence-electron chi connectivity index (χ2n) is 5.14. The molecule has 0 saturated carbocycles. The van der Waals surface area contributed by atoms with Gasteiger partial charge in [0.1, 0.15) is 5.60 Å². The maximum Gasteiger partial charge on any atom is 0.410 e. The van der Waals surface area contributed by atoms with E-state index in [1.807, 2.05) is 30.9 Å². The highest BCUT2D eigenvalue weighted by atomic mass is 127. The van der Waals surface area contributed by atoms with Gasteiger partial charge in [0, 0.05) is 7.05 Å². The predicted molar refractivity (Wildman–Crippen MR) is 75.8 cm³/mol. The monoisotopic (exact) mass is 339 g/mol. The highest BCUT2D eigenvalue weighted by molar-refractivity contribution is 14.1. The van der Waals surface area contributed by atoms with E-state index in [0.717, 1.165) is 0 Å². The minimum absolute atomic E-state index is 0.0757. The molecule has 0 heterocycles. The number of carbonyl (C=O) groups is 1. The van der Waals surface area contributed by atoms with E-state index in [1.54, 1.807) is 11.9 Å². The fourth-order valence-corrected chi connectivity index (χ4v) is 1.75. The molecule has 1 atom stereocenters. The fraction of sp³-hybridized carbons (Fsp3) is 0.750. The van der Waals surface area contributed by atoms with E-state index < -0.39 is 5.60 Å². The van der Waals surface area contributed by atoms with E-state index in [1.165, 1.54) is 0 Å². The average molecular weight is 339 g/mol. The summed E-state index contributed by atoms with van der Waals surface area (Å²) in [5, 5.41) is 0. The first-order chi connectivity index (χ1) is 7.19. The van der Waals surface area contributed by atoms with Gasteiger partial charge in [0.15, 0.2) is 0 Å². The number of likely N-dealkylation sites (N-methyl/N-ethyl adjacent to an activating group) is 1. The predicted octanol–water partition coefficient (Wildman–Crippen LogP) is 3.83. The summed E-state index contributed by atoms with van der Waals surface area (Å²) in [6.45, 7) is 9.79. The summed E-state index contributed by atoms with van der Waals surface area (Å²) in [5.74, 6) is 0.364. The first kappa shape index (κ1) is 15.7. The van der Waals surface area contributed by atoms with Crippen LogP contribution in [0.3, 0.4) is 0 Å². The van der Waals surface area contributed by atoms with Crippen LogP contribution < -0.4 is 0 Å². The second-order valence-corrected chi connectivity index (χ2v) is 5.86. The Morgan fingerprint density at radius 2 is 1.88 bits per heavy atom. The molecule has 0 aliphatic carbocycles. The fourth-order valence-electron chi connectivity index (χ4n) is 1.33. The van der Waals surface area contributed by atoms with Crippen molar-refractivity contribution in [2.24, 2.45) is 5.92 Å². The van der Waals surface area contributed by atoms with Crippen LogP contribution in [0.1, 0.15) is 34.6 Å². The molecule has 0 aromatic rings. The average Bonchev–Trinajstić information content (AvgIpc) is 2.09. The highest BCUT2D eigenvalue weighted by Crippen LogP contribution is 2.16. The third-order valence-electron chi connectivity index (χ3n) is 2.08. The molecule has 0 rings (SSSR count). The van der Waals surface area contributed by atoms with Gasteiger partial charge in [-0.15, -0.1) is 0 Å². The van der Waals surface area contributed by atoms with Crippen molar-refractivity contribution in [3.8, 4) is 0 Å². The van der Waals surface area contributed by atoms with Gasteiger partial charge < -0.3 is 9.64 Å². The lowest BCUT2D eigenvalue weighted by Crippen LogP contribution is -2.42. The summed E-state index contributed by atoms with van der Waals surface area (Å²) in [5.41, 5.74) is -0.444. The largest absolute Gasteiger partial charge is 0.444 e. The van der Waals surface area contributed by atoms with Gasteiger partial charge in [0.05, 0.1) is 6.04 Å². The van der Waals surface area contributed by atoms with Crippen molar-refractivity contribution in [2.75, 3.05) is 7.05 Å². The van der Waals surface area contributed by atoms with E-state index in [0.29, 0.717) is 5.92 Å². The summed E-state index contributed by atoms with van der Waals surface area (Å²) in [6, 6.07) is 0.0757. The molecule has 0 spiro atoms. The molecular weight excluding hydrogens is 317 g/mol. The van der Waals surface area contributed by atoms with Gasteiger partial charge in [-0.05, 0) is 30.8 Å². The maximum atomic E-state index is 11.8. The van der Waals surface area contributed by atoms with Crippen molar-refractivity contribution in [1.29, 1.82) is 0 Å². The topological polar surface area (TPSA) is 29.5 Å². The Hall–Kier alpha value is -0.260. The van der Waals surface area contributed by atoms with Crippen LogP contribution in [0.2, 0.25) is 0 Å². The van der Waals surface area contributed by atoms with Crippen LogP contribution in [0.25, 0.3) is 0 Å². The number of carbonyl (C=O) groups excluding carboxylic acids is 1. The molecule has 0 aromatic carbocycles. The van der Waals surface area contributed by atoms with Gasteiger partial charge in [-0.25, -0.2) is 4.79 Å². The molecule has 0 saturated heterocycles. The first-order valence-electron chi connectivity index (χ1n) is 5.41. The standard InChI is InChI=1S/C12H22INO2/c1-9(2)10(7-8-13)14(6)11(15)16-12(3,4)5/h7-10H,1-6H3/b8-7+/t10-/m1/s1. The lowest BCUT2D eigenvalue weighted by Gasteiger charge is -2.31. The lowest BCUT2D eigenvalue weighted by atomic mass is 10.0. The third-order valence-corrected chi connectivity index (χ3v) is 2.50. The van der Waals surface area contributed by atoms with Crippen LogP contribution >= 0.6 is 22.6 Å². The van der Waals surface area contributed by atoms with E-state index in [2.05, 4.69) is 36.4 Å². The van der Waals surface area contributed by atoms with Gasteiger partial charge in [-0.1, -0.05) is 42.5 Å². The van der Waals surface area contributed by atoms with Crippen molar-refractivity contribution in [3.05, 3.63) is 10.2 Å². The van der Waals surface area contributed by atoms with Gasteiger partial charge in [-0.2, -0.15) is 0 Å². The smallest absolute Gasteiger partial charge is 0.410 e. The van der Waals surface area contributed by atoms with Gasteiger partial charge in [-0.3, -0.25) is 0 Å². The van der Waals surface area contributed by atoms with Crippen molar-refractivity contribution in [2.45, 2.75) is 46.3 Å². The normalized spacial score (nSPS) is 14.2. The molecule has 94 valence electrons. The minimum Gasteiger partial charge on any atom is -0.444 e. The molecule has 0 aliphatic rings. The van der Waals surface area contributed by atoms with Crippen LogP contribution in [0.15, 0.2) is 10.2 Å². The van der Waals surface area contributed by atoms with Crippen molar-refractivity contribution >= 4 is 28.7 Å². The molecule has 0 bridgehead atoms. The van der Waals surface area contributed by atoms with Gasteiger partial charge in [0.2, 0.25) is 0 Å². The summed E-state index contributed by atoms with van der Waals surface area (Å²) in [4.78, 5) is 13.5. The van der Waals surface area contributed by atoms with Gasteiger partial charge in [0.25, 0.3) is 0 Å². The SMILES string of the molecule is CC(C)[C@@H](/C=C/I)N(C)C(=O)OC(C)(C)C. The number of hydrogen-bond acceptors (Lipinski definition) is 2. The third kappa shape index (κ3) is 5.72. The van der Waals surface area contributed by atoms with E-state index in [4.69, 9.17) is 4.74 Å². The van der Waals surface area contributed by atoms with Gasteiger partial charge >= 0.3 is 6.09 Å². The number of ether oxygens (including phenoxy) is 1. The number of hydrogen-bond donors (Lipinski definition) is 0. The van der Waals surface area contributed by atoms with Crippen molar-refractivity contribution in [3.63, 3.8) is 0 Å². The zero-order valence-electron chi connectivity index (χ0n) is 11.0. The van der Waals surface area contributed by atoms with E-state index in [9.17, 15) is 4.79 Å². The summed E-state index contributed by atoms with van der Waals surface area (Å²) >= 11 is 2.16. The second kappa shape index (κ2) is 6.47. The molecule has 16 heavy (non-hydrogen) atoms. The number of nitrogens with zero attached hydrogens (tertiary/aromatic N) is 1. The van der Waals surface area contributed by atoms with Crippen LogP contribution in [-0.4, -0.2) is 29.7 Å². The van der Waals surface area contributed by atoms with Crippen LogP contribution in [-0.2, 0) is 4.74 Å². The molecule has 0 radical (unpaired) electrons. The van der Waals surface area contributed by atoms with E-state index >= 15 is 0 Å². The van der Waals surface area contributed by atoms with Crippen molar-refractivity contribution < 1.29 is 9.53 Å². The summed E-state index contributed by atoms with van der Waals surface area (Å²) < 4.78 is 7.26. The molecule has 4 heteroatoms. The zero-order valence-corrected chi connectivity index (χ0v) is 13.1. The highest BCUT2D eigenvalue weighted by Gasteiger charge is 2.25. The Kier molecular flexibility index (Phi) is 6.36. The molecular formula is C12H22INO2.